The van der Waals surface area contributed by atoms with E-state index >= 15 is 0 Å². The van der Waals surface area contributed by atoms with E-state index < -0.39 is 50.5 Å². The molecule has 1 heterocycles. The van der Waals surface area contributed by atoms with Gasteiger partial charge in [0.15, 0.2) is 9.84 Å². The highest BCUT2D eigenvalue weighted by Gasteiger charge is 2.42. The molecular formula is C23H26F2N2O3S. The first-order valence-electron chi connectivity index (χ1n) is 10.3. The Morgan fingerprint density at radius 2 is 1.94 bits per heavy atom. The molecule has 0 bridgehead atoms. The van der Waals surface area contributed by atoms with Gasteiger partial charge in [0, 0.05) is 24.9 Å². The van der Waals surface area contributed by atoms with Crippen LogP contribution in [-0.2, 0) is 16.3 Å². The third-order valence-corrected chi connectivity index (χ3v) is 8.68. The summed E-state index contributed by atoms with van der Waals surface area (Å²) in [5.41, 5.74) is 0.644. The van der Waals surface area contributed by atoms with Crippen LogP contribution in [0.1, 0.15) is 47.6 Å². The monoisotopic (exact) mass is 448 g/mol. The largest absolute Gasteiger partial charge is 0.396 e. The Morgan fingerprint density at radius 1 is 1.23 bits per heavy atom. The summed E-state index contributed by atoms with van der Waals surface area (Å²) < 4.78 is 56.3. The molecule has 0 aromatic heterocycles. The van der Waals surface area contributed by atoms with Crippen molar-refractivity contribution in [1.82, 2.24) is 5.32 Å². The van der Waals surface area contributed by atoms with Gasteiger partial charge in [-0.3, -0.25) is 0 Å². The van der Waals surface area contributed by atoms with Crippen LogP contribution in [0, 0.1) is 23.0 Å². The number of nitriles is 1. The minimum atomic E-state index is -3.67. The van der Waals surface area contributed by atoms with Crippen molar-refractivity contribution in [2.75, 3.05) is 13.2 Å². The summed E-state index contributed by atoms with van der Waals surface area (Å²) in [5.74, 6) is -2.11. The number of hydrogen-bond acceptors (Lipinski definition) is 5. The minimum absolute atomic E-state index is 0.00108. The average molecular weight is 449 g/mol. The maximum absolute atomic E-state index is 14.9. The molecule has 2 aromatic rings. The van der Waals surface area contributed by atoms with Crippen molar-refractivity contribution in [2.45, 2.75) is 48.6 Å². The summed E-state index contributed by atoms with van der Waals surface area (Å²) in [6.07, 6.45) is 0.155. The second-order valence-corrected chi connectivity index (χ2v) is 10.3. The van der Waals surface area contributed by atoms with Gasteiger partial charge in [0.1, 0.15) is 11.6 Å². The van der Waals surface area contributed by atoms with Crippen molar-refractivity contribution in [3.05, 3.63) is 70.8 Å². The molecule has 5 nitrogen and oxygen atoms in total. The summed E-state index contributed by atoms with van der Waals surface area (Å²) in [7, 11) is -3.67. The smallest absolute Gasteiger partial charge is 0.163 e. The molecule has 1 fully saturated rings. The van der Waals surface area contributed by atoms with Gasteiger partial charge in [0.05, 0.1) is 23.2 Å². The Bertz CT molecular complexity index is 1050. The maximum Gasteiger partial charge on any atom is 0.163 e. The fraction of sp³-hybridized carbons (Fsp3) is 0.435. The summed E-state index contributed by atoms with van der Waals surface area (Å²) in [4.78, 5) is 0. The summed E-state index contributed by atoms with van der Waals surface area (Å²) in [5, 5.41) is 19.7. The van der Waals surface area contributed by atoms with E-state index in [4.69, 9.17) is 5.26 Å². The van der Waals surface area contributed by atoms with E-state index in [0.29, 0.717) is 5.56 Å². The number of nitrogens with one attached hydrogen (secondary N) is 1. The molecule has 0 radical (unpaired) electrons. The lowest BCUT2D eigenvalue weighted by atomic mass is 9.92. The molecule has 2 N–H and O–H groups in total. The number of aliphatic hydroxyl groups is 1. The van der Waals surface area contributed by atoms with Crippen molar-refractivity contribution in [3.63, 3.8) is 0 Å². The molecule has 2 aromatic carbocycles. The molecule has 2 unspecified atom stereocenters. The van der Waals surface area contributed by atoms with Gasteiger partial charge in [-0.2, -0.15) is 5.26 Å². The van der Waals surface area contributed by atoms with E-state index in [2.05, 4.69) is 5.32 Å². The molecule has 1 saturated heterocycles. The number of rotatable bonds is 7. The van der Waals surface area contributed by atoms with E-state index in [1.54, 1.807) is 31.2 Å². The van der Waals surface area contributed by atoms with Crippen molar-refractivity contribution in [3.8, 4) is 6.07 Å². The molecule has 4 atom stereocenters. The van der Waals surface area contributed by atoms with Crippen LogP contribution in [0.3, 0.4) is 0 Å². The first-order valence-corrected chi connectivity index (χ1v) is 11.9. The molecule has 166 valence electrons. The molecule has 31 heavy (non-hydrogen) atoms. The van der Waals surface area contributed by atoms with Crippen molar-refractivity contribution < 1.29 is 22.3 Å². The number of aliphatic hydroxyl groups excluding tert-OH is 1. The molecule has 0 amide bonds. The Morgan fingerprint density at radius 3 is 2.58 bits per heavy atom. The highest BCUT2D eigenvalue weighted by atomic mass is 32.2. The topological polar surface area (TPSA) is 90.2 Å². The fourth-order valence-corrected chi connectivity index (χ4v) is 6.54. The van der Waals surface area contributed by atoms with E-state index in [9.17, 15) is 22.3 Å². The van der Waals surface area contributed by atoms with Gasteiger partial charge < -0.3 is 10.4 Å². The Hall–Kier alpha value is -2.34. The molecule has 8 heteroatoms. The second-order valence-electron chi connectivity index (χ2n) is 7.97. The van der Waals surface area contributed by atoms with Gasteiger partial charge in [-0.15, -0.1) is 0 Å². The van der Waals surface area contributed by atoms with Crippen LogP contribution in [0.15, 0.2) is 42.5 Å². The van der Waals surface area contributed by atoms with Crippen molar-refractivity contribution in [1.29, 1.82) is 5.26 Å². The highest BCUT2D eigenvalue weighted by molar-refractivity contribution is 7.92. The number of benzene rings is 2. The first-order chi connectivity index (χ1) is 14.8. The third-order valence-electron chi connectivity index (χ3n) is 6.02. The van der Waals surface area contributed by atoms with E-state index in [1.165, 1.54) is 0 Å². The Balaban J connectivity index is 1.90. The van der Waals surface area contributed by atoms with Crippen LogP contribution < -0.4 is 5.32 Å². The lowest BCUT2D eigenvalue weighted by Crippen LogP contribution is -2.53. The van der Waals surface area contributed by atoms with Crippen LogP contribution in [-0.4, -0.2) is 38.0 Å². The second kappa shape index (κ2) is 9.86. The van der Waals surface area contributed by atoms with Crippen LogP contribution >= 0.6 is 0 Å². The summed E-state index contributed by atoms with van der Waals surface area (Å²) in [6, 6.07) is 12.4. The van der Waals surface area contributed by atoms with Gasteiger partial charge in [-0.25, -0.2) is 17.2 Å². The van der Waals surface area contributed by atoms with Crippen LogP contribution in [0.5, 0.6) is 0 Å². The Kier molecular flexibility index (Phi) is 7.42. The lowest BCUT2D eigenvalue weighted by molar-refractivity contribution is 0.257. The summed E-state index contributed by atoms with van der Waals surface area (Å²) >= 11 is 0. The number of halogens is 2. The molecule has 0 saturated carbocycles. The molecule has 0 spiro atoms. The van der Waals surface area contributed by atoms with Gasteiger partial charge >= 0.3 is 0 Å². The zero-order valence-electron chi connectivity index (χ0n) is 17.3. The third kappa shape index (κ3) is 4.95. The molecule has 1 aliphatic heterocycles. The zero-order chi connectivity index (χ0) is 22.6. The Labute approximate surface area is 181 Å². The van der Waals surface area contributed by atoms with E-state index in [0.717, 1.165) is 12.1 Å². The maximum atomic E-state index is 14.9. The number of nitrogens with zero attached hydrogens (tertiary/aromatic N) is 1. The zero-order valence-corrected chi connectivity index (χ0v) is 18.1. The van der Waals surface area contributed by atoms with Gasteiger partial charge in [-0.1, -0.05) is 30.3 Å². The highest BCUT2D eigenvalue weighted by Crippen LogP contribution is 2.34. The minimum Gasteiger partial charge on any atom is -0.396 e. The van der Waals surface area contributed by atoms with Gasteiger partial charge in [0.2, 0.25) is 0 Å². The van der Waals surface area contributed by atoms with Crippen LogP contribution in [0.4, 0.5) is 8.78 Å². The molecule has 0 aliphatic carbocycles. The molecule has 1 aliphatic rings. The first kappa shape index (κ1) is 23.3. The van der Waals surface area contributed by atoms with E-state index in [-0.39, 0.29) is 36.9 Å². The van der Waals surface area contributed by atoms with Crippen molar-refractivity contribution in [2.24, 2.45) is 0 Å². The predicted octanol–water partition coefficient (Wildman–Crippen LogP) is 3.40. The SMILES string of the molecule is C[C@@H]1NC[C@@H](c2ccccc2)S(=O)(=O)C1Cc1cc(F)c(C(CO)CCC#N)cc1F. The summed E-state index contributed by atoms with van der Waals surface area (Å²) in [6.45, 7) is 1.58. The predicted molar refractivity (Wildman–Crippen MR) is 114 cm³/mol. The quantitative estimate of drug-likeness (QED) is 0.678. The van der Waals surface area contributed by atoms with Gasteiger partial charge in [0.25, 0.3) is 0 Å². The molecular weight excluding hydrogens is 422 g/mol. The van der Waals surface area contributed by atoms with Gasteiger partial charge in [-0.05, 0) is 48.6 Å². The van der Waals surface area contributed by atoms with E-state index in [1.807, 2.05) is 12.1 Å². The fourth-order valence-electron chi connectivity index (χ4n) is 4.18. The normalized spacial score (nSPS) is 23.8. The molecule has 3 rings (SSSR count). The lowest BCUT2D eigenvalue weighted by Gasteiger charge is -2.35. The standard InChI is InChI=1S/C23H26F2N2O3S/c1-15-22(31(29,30)23(13-27-15)16-6-3-2-4-7-16)11-18-10-21(25)19(12-20(18)24)17(14-28)8-5-9-26/h2-4,6-7,10,12,15,17,22-23,27-28H,5,8,11,13-14H2,1H3/t15-,17?,22?,23-/m0/s1. The number of sulfone groups is 1. The van der Waals surface area contributed by atoms with Crippen LogP contribution in [0.25, 0.3) is 0 Å². The average Bonchev–Trinajstić information content (AvgIpc) is 2.74. The van der Waals surface area contributed by atoms with Crippen molar-refractivity contribution >= 4 is 9.84 Å². The van der Waals surface area contributed by atoms with Crippen LogP contribution in [0.2, 0.25) is 0 Å². The number of hydrogen-bond donors (Lipinski definition) is 2.